The second-order valence-electron chi connectivity index (χ2n) is 9.11. The Morgan fingerprint density at radius 3 is 1.50 bits per heavy atom. The topological polar surface area (TPSA) is 169 Å². The third kappa shape index (κ3) is 6.59. The molecular weight excluding hydrogens is 506 g/mol. The number of nitrogens with one attached hydrogen (secondary N) is 2. The van der Waals surface area contributed by atoms with E-state index < -0.39 is 43.8 Å². The molecule has 1 amide bonds. The van der Waals surface area contributed by atoms with Crippen LogP contribution in [0, 0.1) is 22.7 Å². The van der Waals surface area contributed by atoms with E-state index in [9.17, 15) is 21.6 Å². The molecule has 190 valence electrons. The van der Waals surface area contributed by atoms with E-state index >= 15 is 0 Å². The lowest BCUT2D eigenvalue weighted by atomic mass is 10.2. The van der Waals surface area contributed by atoms with Crippen molar-refractivity contribution in [2.45, 2.75) is 48.2 Å². The zero-order chi connectivity index (χ0) is 26.7. The molecule has 0 unspecified atom stereocenters. The molecule has 1 heterocycles. The number of carbonyl (C=O) groups is 1. The van der Waals surface area contributed by atoms with Crippen molar-refractivity contribution in [2.75, 3.05) is 13.1 Å². The number of carbonyl (C=O) groups excluding carboxylic acids is 1. The fourth-order valence-electron chi connectivity index (χ4n) is 3.47. The van der Waals surface area contributed by atoms with Crippen LogP contribution in [0.1, 0.15) is 31.9 Å². The number of likely N-dealkylation sites (tertiary alicyclic amines) is 1. The second kappa shape index (κ2) is 10.2. The Labute approximate surface area is 210 Å². The van der Waals surface area contributed by atoms with Gasteiger partial charge in [-0.2, -0.15) is 10.5 Å². The first-order valence-electron chi connectivity index (χ1n) is 10.8. The molecule has 1 aliphatic heterocycles. The zero-order valence-corrected chi connectivity index (χ0v) is 21.4. The van der Waals surface area contributed by atoms with Crippen LogP contribution in [-0.4, -0.2) is 58.6 Å². The Morgan fingerprint density at radius 2 is 1.19 bits per heavy atom. The van der Waals surface area contributed by atoms with Crippen molar-refractivity contribution in [3.05, 3.63) is 59.7 Å². The Morgan fingerprint density at radius 1 is 0.833 bits per heavy atom. The number of hydrogen-bond donors (Lipinski definition) is 2. The van der Waals surface area contributed by atoms with Crippen LogP contribution in [0.15, 0.2) is 58.3 Å². The largest absolute Gasteiger partial charge is 0.444 e. The summed E-state index contributed by atoms with van der Waals surface area (Å²) < 4.78 is 62.3. The van der Waals surface area contributed by atoms with Gasteiger partial charge in [0.15, 0.2) is 0 Å². The van der Waals surface area contributed by atoms with E-state index in [-0.39, 0.29) is 34.0 Å². The molecule has 36 heavy (non-hydrogen) atoms. The van der Waals surface area contributed by atoms with E-state index in [1.165, 1.54) is 53.4 Å². The van der Waals surface area contributed by atoms with Crippen LogP contribution < -0.4 is 9.44 Å². The molecule has 2 aromatic carbocycles. The molecule has 1 aliphatic rings. The van der Waals surface area contributed by atoms with Crippen LogP contribution in [0.2, 0.25) is 0 Å². The van der Waals surface area contributed by atoms with Gasteiger partial charge in [0.1, 0.15) is 5.60 Å². The van der Waals surface area contributed by atoms with E-state index in [0.29, 0.717) is 0 Å². The quantitative estimate of drug-likeness (QED) is 0.567. The van der Waals surface area contributed by atoms with Crippen molar-refractivity contribution in [3.63, 3.8) is 0 Å². The molecule has 0 aliphatic carbocycles. The molecule has 1 fully saturated rings. The first kappa shape index (κ1) is 27.1. The van der Waals surface area contributed by atoms with Crippen LogP contribution >= 0.6 is 0 Å². The zero-order valence-electron chi connectivity index (χ0n) is 19.8. The molecule has 2 atom stereocenters. The highest BCUT2D eigenvalue weighted by Crippen LogP contribution is 2.21. The van der Waals surface area contributed by atoms with Crippen LogP contribution in [-0.2, 0) is 24.8 Å². The highest BCUT2D eigenvalue weighted by atomic mass is 32.2. The number of nitriles is 2. The average molecular weight is 532 g/mol. The maximum atomic E-state index is 13.0. The van der Waals surface area contributed by atoms with Crippen molar-refractivity contribution in [1.82, 2.24) is 14.3 Å². The van der Waals surface area contributed by atoms with Crippen LogP contribution in [0.25, 0.3) is 0 Å². The number of amides is 1. The standard InChI is InChI=1S/C23H25N5O6S2/c1-23(2,3)34-22(29)28-14-20(26-35(30,31)18-8-4-16(12-24)5-9-18)21(15-28)27-36(32,33)19-10-6-17(13-25)7-11-19/h4-11,20-21,26-27H,14-15H2,1-3H3/t20-,21-/m0/s1. The minimum atomic E-state index is -4.12. The van der Waals surface area contributed by atoms with Crippen molar-refractivity contribution >= 4 is 26.1 Å². The maximum Gasteiger partial charge on any atom is 0.410 e. The summed E-state index contributed by atoms with van der Waals surface area (Å²) >= 11 is 0. The summed E-state index contributed by atoms with van der Waals surface area (Å²) in [5.41, 5.74) is -0.257. The van der Waals surface area contributed by atoms with Crippen molar-refractivity contribution < 1.29 is 26.4 Å². The van der Waals surface area contributed by atoms with E-state index in [4.69, 9.17) is 15.3 Å². The summed E-state index contributed by atoms with van der Waals surface area (Å²) in [5.74, 6) is 0. The number of nitrogens with zero attached hydrogens (tertiary/aromatic N) is 3. The summed E-state index contributed by atoms with van der Waals surface area (Å²) in [7, 11) is -8.25. The maximum absolute atomic E-state index is 13.0. The monoisotopic (exact) mass is 531 g/mol. The molecule has 0 aromatic heterocycles. The lowest BCUT2D eigenvalue weighted by molar-refractivity contribution is 0.0289. The van der Waals surface area contributed by atoms with Gasteiger partial charge < -0.3 is 9.64 Å². The van der Waals surface area contributed by atoms with Gasteiger partial charge in [0.25, 0.3) is 0 Å². The fourth-order valence-corrected chi connectivity index (χ4v) is 6.01. The highest BCUT2D eigenvalue weighted by molar-refractivity contribution is 7.90. The highest BCUT2D eigenvalue weighted by Gasteiger charge is 2.41. The van der Waals surface area contributed by atoms with Crippen LogP contribution in [0.5, 0.6) is 0 Å². The molecule has 2 N–H and O–H groups in total. The van der Waals surface area contributed by atoms with E-state index in [1.807, 2.05) is 12.1 Å². The van der Waals surface area contributed by atoms with Crippen molar-refractivity contribution in [1.29, 1.82) is 10.5 Å². The second-order valence-corrected chi connectivity index (χ2v) is 12.5. The lowest BCUT2D eigenvalue weighted by Crippen LogP contribution is -2.50. The Kier molecular flexibility index (Phi) is 7.71. The SMILES string of the molecule is CC(C)(C)OC(=O)N1C[C@H](NS(=O)(=O)c2ccc(C#N)cc2)[C@@H](NS(=O)(=O)c2ccc(C#N)cc2)C1. The first-order chi connectivity index (χ1) is 16.7. The van der Waals surface area contributed by atoms with E-state index in [0.717, 1.165) is 0 Å². The van der Waals surface area contributed by atoms with Gasteiger partial charge >= 0.3 is 6.09 Å². The predicted molar refractivity (Wildman–Crippen MR) is 128 cm³/mol. The molecule has 0 saturated carbocycles. The van der Waals surface area contributed by atoms with Crippen LogP contribution in [0.4, 0.5) is 4.79 Å². The molecule has 0 spiro atoms. The number of sulfonamides is 2. The number of rotatable bonds is 6. The lowest BCUT2D eigenvalue weighted by Gasteiger charge is -2.24. The average Bonchev–Trinajstić information content (AvgIpc) is 3.19. The predicted octanol–water partition coefficient (Wildman–Crippen LogP) is 1.67. The summed E-state index contributed by atoms with van der Waals surface area (Å²) in [6, 6.07) is 12.2. The molecule has 13 heteroatoms. The fraction of sp³-hybridized carbons (Fsp3) is 0.348. The normalized spacial score (nSPS) is 18.3. The summed E-state index contributed by atoms with van der Waals surface area (Å²) in [6.45, 7) is 4.74. The van der Waals surface area contributed by atoms with Gasteiger partial charge in [-0.3, -0.25) is 0 Å². The molecule has 0 bridgehead atoms. The molecule has 3 rings (SSSR count). The van der Waals surface area contributed by atoms with Gasteiger partial charge in [-0.1, -0.05) is 0 Å². The van der Waals surface area contributed by atoms with E-state index in [2.05, 4.69) is 9.44 Å². The Balaban J connectivity index is 1.88. The summed E-state index contributed by atoms with van der Waals surface area (Å²) in [4.78, 5) is 13.6. The van der Waals surface area contributed by atoms with Crippen molar-refractivity contribution in [3.8, 4) is 12.1 Å². The summed E-state index contributed by atoms with van der Waals surface area (Å²) in [6.07, 6.45) is -0.717. The van der Waals surface area contributed by atoms with Gasteiger partial charge in [-0.25, -0.2) is 31.1 Å². The number of hydrogen-bond acceptors (Lipinski definition) is 8. The third-order valence-corrected chi connectivity index (χ3v) is 8.18. The molecule has 0 radical (unpaired) electrons. The van der Waals surface area contributed by atoms with Crippen molar-refractivity contribution in [2.24, 2.45) is 0 Å². The van der Waals surface area contributed by atoms with Crippen LogP contribution in [0.3, 0.4) is 0 Å². The number of benzene rings is 2. The smallest absolute Gasteiger partial charge is 0.410 e. The Bertz CT molecular complexity index is 1320. The Hall–Kier alpha value is -3.49. The molecule has 11 nitrogen and oxygen atoms in total. The minimum Gasteiger partial charge on any atom is -0.444 e. The third-order valence-electron chi connectivity index (χ3n) is 5.17. The molecular formula is C23H25N5O6S2. The summed E-state index contributed by atoms with van der Waals surface area (Å²) in [5, 5.41) is 17.9. The molecule has 1 saturated heterocycles. The number of ether oxygens (including phenoxy) is 1. The minimum absolute atomic E-state index is 0.120. The van der Waals surface area contributed by atoms with Gasteiger partial charge in [0, 0.05) is 13.1 Å². The van der Waals surface area contributed by atoms with Gasteiger partial charge in [0.2, 0.25) is 20.0 Å². The van der Waals surface area contributed by atoms with Gasteiger partial charge in [-0.15, -0.1) is 0 Å². The van der Waals surface area contributed by atoms with E-state index in [1.54, 1.807) is 20.8 Å². The van der Waals surface area contributed by atoms with Gasteiger partial charge in [-0.05, 0) is 69.3 Å². The molecule has 2 aromatic rings. The van der Waals surface area contributed by atoms with Gasteiger partial charge in [0.05, 0.1) is 45.1 Å². The first-order valence-corrected chi connectivity index (χ1v) is 13.7.